The largest absolute Gasteiger partial charge is 0.389 e. The van der Waals surface area contributed by atoms with E-state index in [9.17, 15) is 18.0 Å². The van der Waals surface area contributed by atoms with Crippen LogP contribution in [0.3, 0.4) is 0 Å². The van der Waals surface area contributed by atoms with Gasteiger partial charge in [-0.3, -0.25) is 4.79 Å². The Labute approximate surface area is 99.5 Å². The average molecular weight is 252 g/mol. The maximum Gasteiger partial charge on any atom is 0.389 e. The van der Waals surface area contributed by atoms with Crippen LogP contribution in [0.25, 0.3) is 0 Å². The Kier molecular flexibility index (Phi) is 4.58. The van der Waals surface area contributed by atoms with Crippen molar-refractivity contribution >= 4 is 5.78 Å². The van der Waals surface area contributed by atoms with E-state index in [2.05, 4.69) is 0 Å². The van der Waals surface area contributed by atoms with Crippen molar-refractivity contribution < 1.29 is 22.7 Å². The zero-order valence-corrected chi connectivity index (χ0v) is 10.3. The van der Waals surface area contributed by atoms with Gasteiger partial charge in [-0.25, -0.2) is 0 Å². The Hall–Kier alpha value is -0.580. The summed E-state index contributed by atoms with van der Waals surface area (Å²) < 4.78 is 41.5. The van der Waals surface area contributed by atoms with Crippen molar-refractivity contribution in [2.24, 2.45) is 5.92 Å². The van der Waals surface area contributed by atoms with Gasteiger partial charge in [0.25, 0.3) is 0 Å². The summed E-state index contributed by atoms with van der Waals surface area (Å²) in [4.78, 5) is 11.9. The van der Waals surface area contributed by atoms with Gasteiger partial charge in [0.05, 0.1) is 6.42 Å². The monoisotopic (exact) mass is 252 g/mol. The smallest absolute Gasteiger partial charge is 0.370 e. The Bertz CT molecular complexity index is 275. The summed E-state index contributed by atoms with van der Waals surface area (Å²) in [6.07, 6.45) is -2.85. The molecule has 0 aliphatic heterocycles. The Morgan fingerprint density at radius 3 is 2.59 bits per heavy atom. The minimum Gasteiger partial charge on any atom is -0.370 e. The standard InChI is InChI=1S/C12H19F3O2/c1-9-4-3-6-11(8-9,17-2)10(16)5-7-12(13,14)15/h9H,3-8H2,1-2H3. The molecule has 1 rings (SSSR count). The highest BCUT2D eigenvalue weighted by Crippen LogP contribution is 2.37. The molecule has 0 bridgehead atoms. The fourth-order valence-electron chi connectivity index (χ4n) is 2.54. The molecule has 0 aromatic heterocycles. The van der Waals surface area contributed by atoms with Gasteiger partial charge in [-0.15, -0.1) is 0 Å². The number of ether oxygens (including phenoxy) is 1. The lowest BCUT2D eigenvalue weighted by atomic mass is 9.75. The molecule has 17 heavy (non-hydrogen) atoms. The van der Waals surface area contributed by atoms with Gasteiger partial charge in [0, 0.05) is 13.5 Å². The van der Waals surface area contributed by atoms with Gasteiger partial charge < -0.3 is 4.74 Å². The van der Waals surface area contributed by atoms with Crippen LogP contribution >= 0.6 is 0 Å². The van der Waals surface area contributed by atoms with Gasteiger partial charge in [-0.1, -0.05) is 13.3 Å². The van der Waals surface area contributed by atoms with Crippen molar-refractivity contribution in [3.63, 3.8) is 0 Å². The van der Waals surface area contributed by atoms with Crippen LogP contribution in [-0.2, 0) is 9.53 Å². The number of halogens is 3. The van der Waals surface area contributed by atoms with E-state index in [0.717, 1.165) is 12.8 Å². The quantitative estimate of drug-likeness (QED) is 0.765. The van der Waals surface area contributed by atoms with Crippen LogP contribution in [0.4, 0.5) is 13.2 Å². The van der Waals surface area contributed by atoms with Crippen molar-refractivity contribution in [3.8, 4) is 0 Å². The molecule has 1 saturated carbocycles. The van der Waals surface area contributed by atoms with E-state index in [-0.39, 0.29) is 0 Å². The van der Waals surface area contributed by atoms with Gasteiger partial charge in [0.1, 0.15) is 5.60 Å². The molecule has 0 aromatic carbocycles. The third-order valence-corrected chi connectivity index (χ3v) is 3.49. The van der Waals surface area contributed by atoms with Crippen LogP contribution in [0.5, 0.6) is 0 Å². The number of hydrogen-bond donors (Lipinski definition) is 0. The van der Waals surface area contributed by atoms with Crippen molar-refractivity contribution in [2.45, 2.75) is 57.2 Å². The minimum absolute atomic E-state index is 0.332. The summed E-state index contributed by atoms with van der Waals surface area (Å²) in [7, 11) is 1.42. The molecule has 5 heteroatoms. The molecule has 0 N–H and O–H groups in total. The second kappa shape index (κ2) is 5.38. The molecule has 0 saturated heterocycles. The molecule has 2 nitrogen and oxygen atoms in total. The highest BCUT2D eigenvalue weighted by molar-refractivity contribution is 5.87. The highest BCUT2D eigenvalue weighted by atomic mass is 19.4. The Morgan fingerprint density at radius 2 is 2.12 bits per heavy atom. The predicted octanol–water partition coefficient (Wildman–Crippen LogP) is 3.49. The molecule has 1 aliphatic carbocycles. The molecule has 2 atom stereocenters. The number of methoxy groups -OCH3 is 1. The van der Waals surface area contributed by atoms with Crippen molar-refractivity contribution in [1.82, 2.24) is 0 Å². The molecule has 0 amide bonds. The third-order valence-electron chi connectivity index (χ3n) is 3.49. The van der Waals surface area contributed by atoms with Crippen LogP contribution in [0.2, 0.25) is 0 Å². The lowest BCUT2D eigenvalue weighted by Gasteiger charge is -2.37. The number of hydrogen-bond acceptors (Lipinski definition) is 2. The second-order valence-corrected chi connectivity index (χ2v) is 4.94. The molecule has 0 heterocycles. The van der Waals surface area contributed by atoms with E-state index in [1.807, 2.05) is 6.92 Å². The summed E-state index contributed by atoms with van der Waals surface area (Å²) in [5.41, 5.74) is -0.969. The number of Topliss-reactive ketones (excluding diaryl/α,β-unsaturated/α-hetero) is 1. The van der Waals surface area contributed by atoms with Gasteiger partial charge in [0.2, 0.25) is 0 Å². The van der Waals surface area contributed by atoms with E-state index in [0.29, 0.717) is 18.8 Å². The van der Waals surface area contributed by atoms with E-state index in [1.165, 1.54) is 7.11 Å². The van der Waals surface area contributed by atoms with Gasteiger partial charge in [0.15, 0.2) is 5.78 Å². The van der Waals surface area contributed by atoms with Crippen LogP contribution in [0, 0.1) is 5.92 Å². The van der Waals surface area contributed by atoms with Crippen LogP contribution in [0.15, 0.2) is 0 Å². The van der Waals surface area contributed by atoms with E-state index >= 15 is 0 Å². The summed E-state index contributed by atoms with van der Waals surface area (Å²) in [6.45, 7) is 2.00. The first-order chi connectivity index (χ1) is 7.79. The van der Waals surface area contributed by atoms with Gasteiger partial charge in [-0.2, -0.15) is 13.2 Å². The molecule has 0 spiro atoms. The predicted molar refractivity (Wildman–Crippen MR) is 57.7 cm³/mol. The highest BCUT2D eigenvalue weighted by Gasteiger charge is 2.42. The first-order valence-corrected chi connectivity index (χ1v) is 5.94. The first kappa shape index (κ1) is 14.5. The molecule has 1 fully saturated rings. The Balaban J connectivity index is 2.63. The van der Waals surface area contributed by atoms with E-state index in [4.69, 9.17) is 4.74 Å². The maximum atomic E-state index is 12.1. The SMILES string of the molecule is COC1(C(=O)CCC(F)(F)F)CCCC(C)C1. The molecule has 100 valence electrons. The fourth-order valence-corrected chi connectivity index (χ4v) is 2.54. The van der Waals surface area contributed by atoms with Crippen LogP contribution < -0.4 is 0 Å². The molecule has 0 radical (unpaired) electrons. The molecular formula is C12H19F3O2. The van der Waals surface area contributed by atoms with Crippen LogP contribution in [-0.4, -0.2) is 24.7 Å². The van der Waals surface area contributed by atoms with E-state index in [1.54, 1.807) is 0 Å². The lowest BCUT2D eigenvalue weighted by Crippen LogP contribution is -2.44. The Morgan fingerprint density at radius 1 is 1.47 bits per heavy atom. The average Bonchev–Trinajstić information content (AvgIpc) is 2.24. The topological polar surface area (TPSA) is 26.3 Å². The maximum absolute atomic E-state index is 12.1. The fraction of sp³-hybridized carbons (Fsp3) is 0.917. The summed E-state index contributed by atoms with van der Waals surface area (Å²) in [5.74, 6) is -0.0672. The zero-order valence-electron chi connectivity index (χ0n) is 10.3. The third kappa shape index (κ3) is 3.98. The van der Waals surface area contributed by atoms with E-state index < -0.39 is 30.4 Å². The summed E-state index contributed by atoms with van der Waals surface area (Å²) in [5, 5.41) is 0. The second-order valence-electron chi connectivity index (χ2n) is 4.94. The summed E-state index contributed by atoms with van der Waals surface area (Å²) in [6, 6.07) is 0. The normalized spacial score (nSPS) is 30.3. The van der Waals surface area contributed by atoms with Gasteiger partial charge in [-0.05, 0) is 25.2 Å². The molecule has 2 unspecified atom stereocenters. The number of carbonyl (C=O) groups is 1. The molecular weight excluding hydrogens is 233 g/mol. The minimum atomic E-state index is -4.27. The molecule has 0 aromatic rings. The first-order valence-electron chi connectivity index (χ1n) is 5.94. The number of rotatable bonds is 4. The van der Waals surface area contributed by atoms with Crippen molar-refractivity contribution in [3.05, 3.63) is 0 Å². The van der Waals surface area contributed by atoms with Crippen molar-refractivity contribution in [2.75, 3.05) is 7.11 Å². The number of carbonyl (C=O) groups excluding carboxylic acids is 1. The van der Waals surface area contributed by atoms with Gasteiger partial charge >= 0.3 is 6.18 Å². The molecule has 1 aliphatic rings. The lowest BCUT2D eigenvalue weighted by molar-refractivity contribution is -0.158. The van der Waals surface area contributed by atoms with Crippen molar-refractivity contribution in [1.29, 1.82) is 0 Å². The number of alkyl halides is 3. The number of ketones is 1. The van der Waals surface area contributed by atoms with Crippen LogP contribution in [0.1, 0.15) is 45.4 Å². The summed E-state index contributed by atoms with van der Waals surface area (Å²) >= 11 is 0. The zero-order chi connectivity index (χ0) is 13.1.